The summed E-state index contributed by atoms with van der Waals surface area (Å²) in [6.45, 7) is 4.77. The molecule has 2 saturated heterocycles. The Hall–Kier alpha value is -1.61. The summed E-state index contributed by atoms with van der Waals surface area (Å²) in [7, 11) is 0. The van der Waals surface area contributed by atoms with Gasteiger partial charge in [-0.15, -0.1) is 0 Å². The molecule has 1 N–H and O–H groups in total. The predicted molar refractivity (Wildman–Crippen MR) is 78.4 cm³/mol. The number of hydrogen-bond donors (Lipinski definition) is 1. The fourth-order valence-corrected chi connectivity index (χ4v) is 3.61. The maximum absolute atomic E-state index is 4.46. The van der Waals surface area contributed by atoms with Gasteiger partial charge in [0.2, 0.25) is 0 Å². The fraction of sp³-hybridized carbons (Fsp3) is 0.438. The summed E-state index contributed by atoms with van der Waals surface area (Å²) < 4.78 is 0. The van der Waals surface area contributed by atoms with Crippen molar-refractivity contribution >= 4 is 16.6 Å². The molecular formula is C16H19N3. The van der Waals surface area contributed by atoms with Gasteiger partial charge in [0.25, 0.3) is 0 Å². The molecule has 3 heteroatoms. The third-order valence-corrected chi connectivity index (χ3v) is 4.67. The Morgan fingerprint density at radius 2 is 2.00 bits per heavy atom. The molecule has 19 heavy (non-hydrogen) atoms. The van der Waals surface area contributed by atoms with E-state index < -0.39 is 0 Å². The Morgan fingerprint density at radius 1 is 1.11 bits per heavy atom. The Labute approximate surface area is 113 Å². The zero-order valence-corrected chi connectivity index (χ0v) is 11.0. The quantitative estimate of drug-likeness (QED) is 0.845. The van der Waals surface area contributed by atoms with E-state index in [1.807, 2.05) is 6.20 Å². The maximum atomic E-state index is 4.46. The minimum absolute atomic E-state index is 0.820. The van der Waals surface area contributed by atoms with Crippen molar-refractivity contribution in [3.05, 3.63) is 36.5 Å². The molecule has 2 atom stereocenters. The number of benzene rings is 1. The Morgan fingerprint density at radius 3 is 3.00 bits per heavy atom. The minimum atomic E-state index is 0.820. The molecule has 1 aromatic heterocycles. The summed E-state index contributed by atoms with van der Waals surface area (Å²) in [6, 6.07) is 10.6. The number of nitrogens with one attached hydrogen (secondary N) is 1. The van der Waals surface area contributed by atoms with Gasteiger partial charge in [-0.1, -0.05) is 18.2 Å². The highest BCUT2D eigenvalue weighted by Crippen LogP contribution is 2.32. The van der Waals surface area contributed by atoms with E-state index in [1.54, 1.807) is 0 Å². The zero-order valence-electron chi connectivity index (χ0n) is 11.0. The smallest absolute Gasteiger partial charge is 0.0722 e. The number of para-hydroxylation sites is 1. The van der Waals surface area contributed by atoms with Crippen molar-refractivity contribution < 1.29 is 0 Å². The molecule has 0 radical (unpaired) electrons. The highest BCUT2D eigenvalue weighted by atomic mass is 15.2. The van der Waals surface area contributed by atoms with Gasteiger partial charge in [0.1, 0.15) is 0 Å². The number of rotatable bonds is 1. The first kappa shape index (κ1) is 11.2. The molecule has 0 bridgehead atoms. The third-order valence-electron chi connectivity index (χ3n) is 4.67. The van der Waals surface area contributed by atoms with Gasteiger partial charge < -0.3 is 10.2 Å². The highest BCUT2D eigenvalue weighted by Gasteiger charge is 2.33. The summed E-state index contributed by atoms with van der Waals surface area (Å²) in [6.07, 6.45) is 3.25. The van der Waals surface area contributed by atoms with Gasteiger partial charge in [-0.05, 0) is 43.5 Å². The molecule has 2 unspecified atom stereocenters. The second-order valence-corrected chi connectivity index (χ2v) is 5.76. The first-order chi connectivity index (χ1) is 9.42. The van der Waals surface area contributed by atoms with Gasteiger partial charge >= 0.3 is 0 Å². The van der Waals surface area contributed by atoms with Gasteiger partial charge in [0.15, 0.2) is 0 Å². The van der Waals surface area contributed by atoms with Crippen LogP contribution in [0.1, 0.15) is 6.42 Å². The second-order valence-electron chi connectivity index (χ2n) is 5.76. The summed E-state index contributed by atoms with van der Waals surface area (Å²) in [5.41, 5.74) is 2.46. The van der Waals surface area contributed by atoms with E-state index in [-0.39, 0.29) is 0 Å². The van der Waals surface area contributed by atoms with E-state index in [0.717, 1.165) is 17.4 Å². The summed E-state index contributed by atoms with van der Waals surface area (Å²) >= 11 is 0. The predicted octanol–water partition coefficient (Wildman–Crippen LogP) is 2.28. The van der Waals surface area contributed by atoms with Crippen LogP contribution in [0.25, 0.3) is 10.9 Å². The SMILES string of the molecule is c1ccc2c(N3CCC4CNCC4C3)ccnc2c1. The van der Waals surface area contributed by atoms with Crippen LogP contribution in [0.3, 0.4) is 0 Å². The van der Waals surface area contributed by atoms with E-state index in [9.17, 15) is 0 Å². The topological polar surface area (TPSA) is 28.2 Å². The van der Waals surface area contributed by atoms with Crippen LogP contribution < -0.4 is 10.2 Å². The standard InChI is InChI=1S/C16H19N3/c1-2-4-15-14(3-1)16(5-7-18-15)19-8-6-12-9-17-10-13(12)11-19/h1-5,7,12-13,17H,6,8-11H2. The maximum Gasteiger partial charge on any atom is 0.0722 e. The van der Waals surface area contributed by atoms with Gasteiger partial charge in [-0.25, -0.2) is 0 Å². The Kier molecular flexibility index (Phi) is 2.66. The van der Waals surface area contributed by atoms with Crippen molar-refractivity contribution in [1.29, 1.82) is 0 Å². The van der Waals surface area contributed by atoms with Gasteiger partial charge in [-0.3, -0.25) is 4.98 Å². The van der Waals surface area contributed by atoms with Crippen molar-refractivity contribution in [1.82, 2.24) is 10.3 Å². The lowest BCUT2D eigenvalue weighted by Gasteiger charge is -2.36. The van der Waals surface area contributed by atoms with Gasteiger partial charge in [0.05, 0.1) is 5.52 Å². The van der Waals surface area contributed by atoms with E-state index in [1.165, 1.54) is 43.7 Å². The number of hydrogen-bond acceptors (Lipinski definition) is 3. The van der Waals surface area contributed by atoms with Crippen LogP contribution in [-0.2, 0) is 0 Å². The molecule has 98 valence electrons. The van der Waals surface area contributed by atoms with Gasteiger partial charge in [0, 0.05) is 30.4 Å². The fourth-order valence-electron chi connectivity index (χ4n) is 3.61. The van der Waals surface area contributed by atoms with Crippen LogP contribution in [-0.4, -0.2) is 31.2 Å². The molecule has 4 rings (SSSR count). The average molecular weight is 253 g/mol. The summed E-state index contributed by atoms with van der Waals surface area (Å²) in [5, 5.41) is 4.82. The Bertz CT molecular complexity index is 590. The third kappa shape index (κ3) is 1.89. The van der Waals surface area contributed by atoms with Crippen LogP contribution in [0.4, 0.5) is 5.69 Å². The van der Waals surface area contributed by atoms with Crippen molar-refractivity contribution in [3.8, 4) is 0 Å². The number of nitrogens with zero attached hydrogens (tertiary/aromatic N) is 2. The molecule has 0 spiro atoms. The summed E-state index contributed by atoms with van der Waals surface area (Å²) in [4.78, 5) is 7.02. The molecule has 2 aliphatic rings. The lowest BCUT2D eigenvalue weighted by Crippen LogP contribution is -2.40. The monoisotopic (exact) mass is 253 g/mol. The van der Waals surface area contributed by atoms with Crippen LogP contribution in [0.15, 0.2) is 36.5 Å². The number of fused-ring (bicyclic) bond motifs is 2. The molecular weight excluding hydrogens is 234 g/mol. The second kappa shape index (κ2) is 4.49. The zero-order chi connectivity index (χ0) is 12.7. The van der Waals surface area contributed by atoms with E-state index in [0.29, 0.717) is 0 Å². The molecule has 0 amide bonds. The van der Waals surface area contributed by atoms with E-state index >= 15 is 0 Å². The van der Waals surface area contributed by atoms with Crippen LogP contribution in [0, 0.1) is 11.8 Å². The highest BCUT2D eigenvalue weighted by molar-refractivity contribution is 5.91. The van der Waals surface area contributed by atoms with Crippen molar-refractivity contribution in [2.45, 2.75) is 6.42 Å². The van der Waals surface area contributed by atoms with Crippen molar-refractivity contribution in [2.75, 3.05) is 31.1 Å². The number of piperidine rings is 1. The molecule has 3 nitrogen and oxygen atoms in total. The Balaban J connectivity index is 1.70. The first-order valence-corrected chi connectivity index (χ1v) is 7.21. The molecule has 0 saturated carbocycles. The lowest BCUT2D eigenvalue weighted by molar-refractivity contribution is 0.349. The molecule has 2 aliphatic heterocycles. The normalized spacial score (nSPS) is 26.6. The largest absolute Gasteiger partial charge is 0.371 e. The molecule has 1 aromatic carbocycles. The average Bonchev–Trinajstić information content (AvgIpc) is 2.94. The number of anilines is 1. The van der Waals surface area contributed by atoms with Crippen LogP contribution in [0.2, 0.25) is 0 Å². The van der Waals surface area contributed by atoms with Gasteiger partial charge in [-0.2, -0.15) is 0 Å². The van der Waals surface area contributed by atoms with Crippen molar-refractivity contribution in [3.63, 3.8) is 0 Å². The number of pyridine rings is 1. The van der Waals surface area contributed by atoms with E-state index in [2.05, 4.69) is 45.5 Å². The summed E-state index contributed by atoms with van der Waals surface area (Å²) in [5.74, 6) is 1.71. The minimum Gasteiger partial charge on any atom is -0.371 e. The molecule has 2 aromatic rings. The van der Waals surface area contributed by atoms with Crippen LogP contribution >= 0.6 is 0 Å². The van der Waals surface area contributed by atoms with Crippen molar-refractivity contribution in [2.24, 2.45) is 11.8 Å². The lowest BCUT2D eigenvalue weighted by atomic mass is 9.88. The first-order valence-electron chi connectivity index (χ1n) is 7.21. The number of aromatic nitrogens is 1. The molecule has 3 heterocycles. The van der Waals surface area contributed by atoms with E-state index in [4.69, 9.17) is 0 Å². The molecule has 0 aliphatic carbocycles. The van der Waals surface area contributed by atoms with Crippen LogP contribution in [0.5, 0.6) is 0 Å². The molecule has 2 fully saturated rings.